The molecule has 4 nitrogen and oxygen atoms in total. The van der Waals surface area contributed by atoms with E-state index in [2.05, 4.69) is 0 Å². The van der Waals surface area contributed by atoms with Gasteiger partial charge in [0, 0.05) is 5.69 Å². The molecule has 0 amide bonds. The van der Waals surface area contributed by atoms with Gasteiger partial charge in [-0.05, 0) is 12.1 Å². The van der Waals surface area contributed by atoms with Gasteiger partial charge >= 0.3 is 7.32 Å². The second kappa shape index (κ2) is 11.5. The number of benzene rings is 3. The summed E-state index contributed by atoms with van der Waals surface area (Å²) in [7, 11) is -2.17. The molecule has 0 bridgehead atoms. The molecular formula is C18H10BF10NO3. The highest BCUT2D eigenvalue weighted by molar-refractivity contribution is 6.30. The van der Waals surface area contributed by atoms with Crippen LogP contribution in [0.2, 0.25) is 0 Å². The summed E-state index contributed by atoms with van der Waals surface area (Å²) in [6.07, 6.45) is 0. The van der Waals surface area contributed by atoms with Crippen molar-refractivity contribution in [2.24, 2.45) is 0 Å². The number of nitrogen functional groups attached to an aromatic ring is 1. The van der Waals surface area contributed by atoms with Crippen LogP contribution in [0.4, 0.5) is 49.6 Å². The molecular weight excluding hydrogens is 479 g/mol. The Balaban J connectivity index is 0.000000406. The fourth-order valence-electron chi connectivity index (χ4n) is 2.10. The molecule has 0 aliphatic heterocycles. The monoisotopic (exact) mass is 489 g/mol. The average Bonchev–Trinajstić information content (AvgIpc) is 2.76. The van der Waals surface area contributed by atoms with E-state index in [0.29, 0.717) is 0 Å². The molecule has 3 aromatic carbocycles. The van der Waals surface area contributed by atoms with Gasteiger partial charge in [0.05, 0.1) is 11.1 Å². The first-order valence-corrected chi connectivity index (χ1v) is 8.11. The first-order valence-electron chi connectivity index (χ1n) is 8.11. The van der Waals surface area contributed by atoms with E-state index < -0.39 is 76.6 Å². The zero-order chi connectivity index (χ0) is 25.6. The summed E-state index contributed by atoms with van der Waals surface area (Å²) in [4.78, 5) is 0. The molecule has 0 heterocycles. The summed E-state index contributed by atoms with van der Waals surface area (Å²) in [6, 6.07) is 9.49. The fraction of sp³-hybridized carbons (Fsp3) is 0. The zero-order valence-electron chi connectivity index (χ0n) is 15.7. The van der Waals surface area contributed by atoms with E-state index in [9.17, 15) is 43.9 Å². The third-order valence-corrected chi connectivity index (χ3v) is 3.47. The predicted octanol–water partition coefficient (Wildman–Crippen LogP) is 3.96. The fourth-order valence-corrected chi connectivity index (χ4v) is 2.10. The molecule has 0 saturated carbocycles. The van der Waals surface area contributed by atoms with Crippen LogP contribution in [0.1, 0.15) is 0 Å². The van der Waals surface area contributed by atoms with Crippen LogP contribution < -0.4 is 5.73 Å². The van der Waals surface area contributed by atoms with Crippen molar-refractivity contribution in [1.82, 2.24) is 0 Å². The van der Waals surface area contributed by atoms with Crippen molar-refractivity contribution in [2.75, 3.05) is 5.73 Å². The number of hydrogen-bond donors (Lipinski definition) is 4. The lowest BCUT2D eigenvalue weighted by molar-refractivity contribution is 0.278. The summed E-state index contributed by atoms with van der Waals surface area (Å²) in [6.45, 7) is 0. The van der Waals surface area contributed by atoms with Gasteiger partial charge in [0.15, 0.2) is 46.5 Å². The Morgan fingerprint density at radius 3 is 0.848 bits per heavy atom. The van der Waals surface area contributed by atoms with Crippen LogP contribution in [-0.4, -0.2) is 22.4 Å². The molecule has 0 aliphatic rings. The van der Waals surface area contributed by atoms with Gasteiger partial charge in [-0.15, -0.1) is 0 Å². The minimum Gasteiger partial charge on any atom is -0.402 e. The van der Waals surface area contributed by atoms with E-state index in [-0.39, 0.29) is 0 Å². The van der Waals surface area contributed by atoms with Gasteiger partial charge in [-0.2, -0.15) is 0 Å². The van der Waals surface area contributed by atoms with Gasteiger partial charge in [-0.1, -0.05) is 18.2 Å². The normalized spacial score (nSPS) is 10.1. The molecule has 0 unspecified atom stereocenters. The lowest BCUT2D eigenvalue weighted by Gasteiger charge is -2.11. The van der Waals surface area contributed by atoms with Crippen LogP contribution in [0, 0.1) is 58.2 Å². The lowest BCUT2D eigenvalue weighted by atomic mass is 10.0. The number of halogens is 10. The topological polar surface area (TPSA) is 86.7 Å². The Morgan fingerprint density at radius 2 is 0.667 bits per heavy atom. The minimum atomic E-state index is -2.68. The summed E-state index contributed by atoms with van der Waals surface area (Å²) >= 11 is 0. The molecule has 0 fully saturated rings. The number of para-hydroxylation sites is 1. The third-order valence-electron chi connectivity index (χ3n) is 3.47. The minimum absolute atomic E-state index is 0.822. The van der Waals surface area contributed by atoms with Gasteiger partial charge in [-0.3, -0.25) is 0 Å². The van der Waals surface area contributed by atoms with Crippen molar-refractivity contribution in [1.29, 1.82) is 0 Å². The van der Waals surface area contributed by atoms with E-state index in [0.717, 1.165) is 5.69 Å². The van der Waals surface area contributed by atoms with Crippen molar-refractivity contribution in [3.8, 4) is 11.1 Å². The van der Waals surface area contributed by atoms with Crippen LogP contribution in [0.3, 0.4) is 0 Å². The van der Waals surface area contributed by atoms with E-state index in [1.54, 1.807) is 0 Å². The predicted molar refractivity (Wildman–Crippen MR) is 94.7 cm³/mol. The molecule has 0 aliphatic carbocycles. The maximum atomic E-state index is 13.4. The average molecular weight is 489 g/mol. The zero-order valence-corrected chi connectivity index (χ0v) is 15.7. The van der Waals surface area contributed by atoms with Crippen LogP contribution >= 0.6 is 0 Å². The first-order chi connectivity index (χ1) is 15.2. The van der Waals surface area contributed by atoms with Crippen molar-refractivity contribution in [2.45, 2.75) is 0 Å². The van der Waals surface area contributed by atoms with E-state index in [1.165, 1.54) is 0 Å². The smallest absolute Gasteiger partial charge is 0.402 e. The summed E-state index contributed by atoms with van der Waals surface area (Å²) < 4.78 is 131. The Kier molecular flexibility index (Phi) is 9.70. The largest absolute Gasteiger partial charge is 0.631 e. The molecule has 33 heavy (non-hydrogen) atoms. The van der Waals surface area contributed by atoms with E-state index in [1.807, 2.05) is 30.3 Å². The van der Waals surface area contributed by atoms with Gasteiger partial charge in [0.2, 0.25) is 11.6 Å². The van der Waals surface area contributed by atoms with Crippen molar-refractivity contribution in [3.05, 3.63) is 88.5 Å². The second-order valence-corrected chi connectivity index (χ2v) is 5.65. The highest BCUT2D eigenvalue weighted by Gasteiger charge is 2.34. The molecule has 0 saturated heterocycles. The molecule has 5 N–H and O–H groups in total. The number of anilines is 1. The SMILES string of the molecule is Fc1c(F)c(F)c(-c2c(F)c(F)c(F)c(F)c2F)c(F)c1F.Nc1ccccc1.OB(O)O. The quantitative estimate of drug-likeness (QED) is 0.137. The Hall–Kier alpha value is -3.30. The first kappa shape index (κ1) is 27.7. The molecule has 15 heteroatoms. The van der Waals surface area contributed by atoms with Crippen LogP contribution in [-0.2, 0) is 0 Å². The third kappa shape index (κ3) is 6.37. The Labute approximate surface area is 178 Å². The maximum absolute atomic E-state index is 13.4. The standard InChI is InChI=1S/C12F10.C6H7N.BH3O3/c13-3-1(4(14)8(18)11(21)7(3)17)2-5(15)9(19)12(22)10(20)6(2)16;7-6-4-2-1-3-5-6;2-1(3)4/h;1-5H,7H2;2-4H. The molecule has 0 atom stereocenters. The highest BCUT2D eigenvalue weighted by atomic mass is 19.2. The molecule has 0 spiro atoms. The van der Waals surface area contributed by atoms with Crippen molar-refractivity contribution in [3.63, 3.8) is 0 Å². The number of hydrogen-bond acceptors (Lipinski definition) is 4. The van der Waals surface area contributed by atoms with Crippen molar-refractivity contribution < 1.29 is 59.0 Å². The molecule has 178 valence electrons. The molecule has 0 aromatic heterocycles. The summed E-state index contributed by atoms with van der Waals surface area (Å²) in [5.41, 5.74) is 1.66. The molecule has 3 rings (SSSR count). The Bertz CT molecular complexity index is 1000. The van der Waals surface area contributed by atoms with Gasteiger partial charge in [-0.25, -0.2) is 43.9 Å². The molecule has 3 aromatic rings. The van der Waals surface area contributed by atoms with Crippen LogP contribution in [0.5, 0.6) is 0 Å². The summed E-state index contributed by atoms with van der Waals surface area (Å²) in [5.74, 6) is -26.6. The lowest BCUT2D eigenvalue weighted by Crippen LogP contribution is -2.10. The Morgan fingerprint density at radius 1 is 0.455 bits per heavy atom. The summed E-state index contributed by atoms with van der Waals surface area (Å²) in [5, 5.41) is 21.5. The molecule has 0 radical (unpaired) electrons. The van der Waals surface area contributed by atoms with Gasteiger partial charge in [0.1, 0.15) is 0 Å². The number of nitrogens with two attached hydrogens (primary N) is 1. The van der Waals surface area contributed by atoms with E-state index >= 15 is 0 Å². The van der Waals surface area contributed by atoms with Gasteiger partial charge < -0.3 is 20.8 Å². The van der Waals surface area contributed by atoms with Gasteiger partial charge in [0.25, 0.3) is 0 Å². The van der Waals surface area contributed by atoms with Crippen LogP contribution in [0.15, 0.2) is 30.3 Å². The van der Waals surface area contributed by atoms with Crippen LogP contribution in [0.25, 0.3) is 11.1 Å². The number of rotatable bonds is 1. The highest BCUT2D eigenvalue weighted by Crippen LogP contribution is 2.37. The second-order valence-electron chi connectivity index (χ2n) is 5.65. The maximum Gasteiger partial charge on any atom is 0.631 e. The van der Waals surface area contributed by atoms with Crippen molar-refractivity contribution >= 4 is 13.0 Å². The van der Waals surface area contributed by atoms with E-state index in [4.69, 9.17) is 20.8 Å².